The predicted molar refractivity (Wildman–Crippen MR) is 221 cm³/mol. The minimum atomic E-state index is -4.41. The number of carbonyl (C=O) groups is 2. The number of esters is 2. The molecule has 0 rings (SSSR count). The number of ether oxygens (including phenoxy) is 2. The van der Waals surface area contributed by atoms with Crippen LogP contribution < -0.4 is 5.73 Å². The Balaban J connectivity index is 4.40. The van der Waals surface area contributed by atoms with Crippen molar-refractivity contribution in [3.63, 3.8) is 0 Å². The molecule has 0 amide bonds. The van der Waals surface area contributed by atoms with Crippen LogP contribution in [0.2, 0.25) is 0 Å². The van der Waals surface area contributed by atoms with E-state index in [0.29, 0.717) is 25.7 Å². The molecule has 0 saturated heterocycles. The second kappa shape index (κ2) is 38.4. The zero-order valence-corrected chi connectivity index (χ0v) is 34.2. The Hall–Kier alpha value is -2.85. The summed E-state index contributed by atoms with van der Waals surface area (Å²) in [6.45, 7) is 3.35. The van der Waals surface area contributed by atoms with Crippen molar-refractivity contribution in [2.75, 3.05) is 26.4 Å². The molecule has 0 heterocycles. The molecule has 0 bridgehead atoms. The van der Waals surface area contributed by atoms with Crippen molar-refractivity contribution in [3.05, 3.63) is 85.1 Å². The molecule has 0 aliphatic rings. The Morgan fingerprint density at radius 3 is 1.67 bits per heavy atom. The van der Waals surface area contributed by atoms with E-state index < -0.39 is 32.5 Å². The lowest BCUT2D eigenvalue weighted by atomic mass is 10.1. The van der Waals surface area contributed by atoms with E-state index in [4.69, 9.17) is 24.3 Å². The third kappa shape index (κ3) is 37.5. The number of phosphoric ester groups is 1. The number of hydrogen-bond acceptors (Lipinski definition) is 9. The summed E-state index contributed by atoms with van der Waals surface area (Å²) >= 11 is 0. The van der Waals surface area contributed by atoms with Crippen LogP contribution in [0, 0.1) is 0 Å². The maximum Gasteiger partial charge on any atom is 0.472 e. The molecular formula is C43H72NO9P. The lowest BCUT2D eigenvalue weighted by Crippen LogP contribution is -2.29. The van der Waals surface area contributed by atoms with Crippen molar-refractivity contribution in [3.8, 4) is 0 Å². The number of carbonyl (C=O) groups excluding carboxylic acids is 2. The number of aliphatic hydroxyl groups is 1. The van der Waals surface area contributed by atoms with Crippen molar-refractivity contribution >= 4 is 19.8 Å². The second-order valence-corrected chi connectivity index (χ2v) is 14.4. The summed E-state index contributed by atoms with van der Waals surface area (Å²) in [4.78, 5) is 34.7. The fourth-order valence-electron chi connectivity index (χ4n) is 4.82. The van der Waals surface area contributed by atoms with Gasteiger partial charge < -0.3 is 25.2 Å². The second-order valence-electron chi connectivity index (χ2n) is 13.0. The van der Waals surface area contributed by atoms with Crippen molar-refractivity contribution in [1.29, 1.82) is 0 Å². The first kappa shape index (κ1) is 51.1. The number of aliphatic hydroxyl groups excluding tert-OH is 1. The Morgan fingerprint density at radius 1 is 0.630 bits per heavy atom. The van der Waals surface area contributed by atoms with Crippen LogP contribution in [-0.4, -0.2) is 60.5 Å². The molecule has 11 heteroatoms. The first-order valence-electron chi connectivity index (χ1n) is 20.1. The average Bonchev–Trinajstić information content (AvgIpc) is 3.15. The maximum atomic E-state index is 12.5. The fourth-order valence-corrected chi connectivity index (χ4v) is 5.59. The van der Waals surface area contributed by atoms with E-state index in [1.807, 2.05) is 18.2 Å². The molecule has 10 nitrogen and oxygen atoms in total. The molecule has 0 aliphatic carbocycles. The summed E-state index contributed by atoms with van der Waals surface area (Å²) in [6.07, 6.45) is 44.0. The minimum Gasteiger partial charge on any atom is -0.462 e. The van der Waals surface area contributed by atoms with Gasteiger partial charge in [-0.1, -0.05) is 118 Å². The summed E-state index contributed by atoms with van der Waals surface area (Å²) in [5.41, 5.74) is 5.33. The molecule has 308 valence electrons. The molecule has 3 atom stereocenters. The molecule has 0 aromatic carbocycles. The van der Waals surface area contributed by atoms with E-state index in [0.717, 1.165) is 64.2 Å². The first-order chi connectivity index (χ1) is 26.2. The normalized spacial score (nSPS) is 14.8. The fraction of sp³-hybridized carbons (Fsp3) is 0.628. The molecule has 0 fully saturated rings. The van der Waals surface area contributed by atoms with E-state index in [-0.39, 0.29) is 38.7 Å². The van der Waals surface area contributed by atoms with Crippen LogP contribution in [-0.2, 0) is 32.7 Å². The summed E-state index contributed by atoms with van der Waals surface area (Å²) in [7, 11) is -4.41. The van der Waals surface area contributed by atoms with Gasteiger partial charge in [0.25, 0.3) is 0 Å². The lowest BCUT2D eigenvalue weighted by Gasteiger charge is -2.19. The third-order valence-corrected chi connectivity index (χ3v) is 8.79. The van der Waals surface area contributed by atoms with Gasteiger partial charge in [-0.2, -0.15) is 0 Å². The monoisotopic (exact) mass is 777 g/mol. The van der Waals surface area contributed by atoms with Crippen molar-refractivity contribution < 1.29 is 42.7 Å². The molecule has 4 N–H and O–H groups in total. The smallest absolute Gasteiger partial charge is 0.462 e. The molecule has 54 heavy (non-hydrogen) atoms. The highest BCUT2D eigenvalue weighted by molar-refractivity contribution is 7.47. The summed E-state index contributed by atoms with van der Waals surface area (Å²) in [5.74, 6) is -0.970. The zero-order chi connectivity index (χ0) is 39.8. The van der Waals surface area contributed by atoms with Crippen LogP contribution in [0.5, 0.6) is 0 Å². The van der Waals surface area contributed by atoms with Crippen molar-refractivity contribution in [1.82, 2.24) is 0 Å². The van der Waals surface area contributed by atoms with Gasteiger partial charge in [-0.3, -0.25) is 18.6 Å². The van der Waals surface area contributed by atoms with Gasteiger partial charge in [-0.15, -0.1) is 0 Å². The van der Waals surface area contributed by atoms with Crippen molar-refractivity contribution in [2.45, 2.75) is 148 Å². The van der Waals surface area contributed by atoms with Gasteiger partial charge in [0.05, 0.1) is 19.3 Å². The average molecular weight is 778 g/mol. The topological polar surface area (TPSA) is 155 Å². The highest BCUT2D eigenvalue weighted by Gasteiger charge is 2.25. The van der Waals surface area contributed by atoms with Crippen molar-refractivity contribution in [2.24, 2.45) is 5.73 Å². The highest BCUT2D eigenvalue weighted by atomic mass is 31.2. The number of phosphoric acid groups is 1. The number of unbranched alkanes of at least 4 members (excludes halogenated alkanes) is 6. The van der Waals surface area contributed by atoms with Crippen LogP contribution in [0.1, 0.15) is 136 Å². The largest absolute Gasteiger partial charge is 0.472 e. The lowest BCUT2D eigenvalue weighted by molar-refractivity contribution is -0.161. The molecule has 2 unspecified atom stereocenters. The third-order valence-electron chi connectivity index (χ3n) is 7.81. The zero-order valence-electron chi connectivity index (χ0n) is 33.3. The van der Waals surface area contributed by atoms with E-state index >= 15 is 0 Å². The number of rotatable bonds is 36. The standard InChI is InChI=1S/C43H72NO9P/c1-3-5-6-7-8-9-10-11-12-15-19-22-25-28-31-35-43(47)53-41(39-52-54(48,49)51-37-36-44)38-50-42(46)34-30-27-24-21-18-16-13-14-17-20-23-26-29-33-40(45)32-4-2/h8-9,11-13,16-17,19-22,24,26,29,40-41,45H,3-7,10,14-15,18,23,25,27-28,30-39,44H2,1-2H3,(H,48,49)/b9-8-,12-11-,16-13-,20-17-,22-19-,24-21-,29-26-/t40?,41-/m1/s1. The number of allylic oxidation sites excluding steroid dienone is 13. The van der Waals surface area contributed by atoms with Crippen LogP contribution in [0.4, 0.5) is 0 Å². The Labute approximate surface area is 326 Å². The van der Waals surface area contributed by atoms with E-state index in [1.54, 1.807) is 0 Å². The molecule has 0 radical (unpaired) electrons. The quantitative estimate of drug-likeness (QED) is 0.0242. The predicted octanol–water partition coefficient (Wildman–Crippen LogP) is 10.2. The SMILES string of the molecule is CCCCC/C=C\C/C=C\C/C=C\CCCCC(=O)O[C@H](COC(=O)CCC/C=C\C/C=C\C/C=C\C/C=C\CC(O)CCC)COP(=O)(O)OCCN. The van der Waals surface area contributed by atoms with Gasteiger partial charge in [-0.25, -0.2) is 4.57 Å². The van der Waals surface area contributed by atoms with Gasteiger partial charge >= 0.3 is 19.8 Å². The van der Waals surface area contributed by atoms with Gasteiger partial charge in [0, 0.05) is 19.4 Å². The summed E-state index contributed by atoms with van der Waals surface area (Å²) < 4.78 is 32.6. The molecule has 0 spiro atoms. The minimum absolute atomic E-state index is 0.0295. The highest BCUT2D eigenvalue weighted by Crippen LogP contribution is 2.43. The van der Waals surface area contributed by atoms with Crippen LogP contribution >= 0.6 is 7.82 Å². The number of hydrogen-bond donors (Lipinski definition) is 3. The molecule has 0 aromatic heterocycles. The van der Waals surface area contributed by atoms with E-state index in [2.05, 4.69) is 80.7 Å². The maximum absolute atomic E-state index is 12.5. The van der Waals surface area contributed by atoms with Gasteiger partial charge in [-0.05, 0) is 89.9 Å². The summed E-state index contributed by atoms with van der Waals surface area (Å²) in [6, 6.07) is 0. The van der Waals surface area contributed by atoms with Gasteiger partial charge in [0.1, 0.15) is 6.61 Å². The molecule has 0 aromatic rings. The Bertz CT molecular complexity index is 1180. The van der Waals surface area contributed by atoms with Crippen LogP contribution in [0.15, 0.2) is 85.1 Å². The Kier molecular flexibility index (Phi) is 36.4. The molecular weight excluding hydrogens is 705 g/mol. The van der Waals surface area contributed by atoms with Crippen LogP contribution in [0.25, 0.3) is 0 Å². The molecule has 0 saturated carbocycles. The Morgan fingerprint density at radius 2 is 1.13 bits per heavy atom. The van der Waals surface area contributed by atoms with E-state index in [9.17, 15) is 24.2 Å². The van der Waals surface area contributed by atoms with Crippen LogP contribution in [0.3, 0.4) is 0 Å². The molecule has 0 aliphatic heterocycles. The summed E-state index contributed by atoms with van der Waals surface area (Å²) in [5, 5.41) is 9.71. The van der Waals surface area contributed by atoms with Gasteiger partial charge in [0.15, 0.2) is 6.10 Å². The number of nitrogens with two attached hydrogens (primary N) is 1. The first-order valence-corrected chi connectivity index (χ1v) is 21.6. The van der Waals surface area contributed by atoms with Gasteiger partial charge in [0.2, 0.25) is 0 Å². The van der Waals surface area contributed by atoms with E-state index in [1.165, 1.54) is 19.3 Å².